The molecule has 5 heteroatoms. The van der Waals surface area contributed by atoms with Crippen molar-refractivity contribution in [3.63, 3.8) is 0 Å². The van der Waals surface area contributed by atoms with Gasteiger partial charge in [0.15, 0.2) is 5.82 Å². The molecule has 3 aromatic rings. The van der Waals surface area contributed by atoms with Crippen molar-refractivity contribution in [2.45, 2.75) is 6.92 Å². The van der Waals surface area contributed by atoms with Crippen LogP contribution in [0.2, 0.25) is 5.28 Å². The molecule has 0 spiro atoms. The fourth-order valence-corrected chi connectivity index (χ4v) is 2.39. The van der Waals surface area contributed by atoms with Gasteiger partial charge in [0.05, 0.1) is 11.6 Å². The summed E-state index contributed by atoms with van der Waals surface area (Å²) in [5.74, 6) is 1.11. The third kappa shape index (κ3) is 2.95. The third-order valence-corrected chi connectivity index (χ3v) is 3.33. The van der Waals surface area contributed by atoms with Crippen molar-refractivity contribution >= 4 is 11.6 Å². The van der Waals surface area contributed by atoms with Gasteiger partial charge in [-0.15, -0.1) is 0 Å². The Balaban J connectivity index is 2.08. The summed E-state index contributed by atoms with van der Waals surface area (Å²) < 4.78 is 0. The first-order chi connectivity index (χ1) is 10.7. The van der Waals surface area contributed by atoms with Crippen LogP contribution in [0.25, 0.3) is 22.5 Å². The molecule has 0 fully saturated rings. The van der Waals surface area contributed by atoms with Gasteiger partial charge >= 0.3 is 0 Å². The second-order valence-corrected chi connectivity index (χ2v) is 5.09. The Labute approximate surface area is 133 Å². The number of benzene rings is 2. The lowest BCUT2D eigenvalue weighted by molar-refractivity contribution is 0.984. The number of nitrogens with zero attached hydrogens (tertiary/aromatic N) is 4. The normalized spacial score (nSPS) is 10.2. The minimum absolute atomic E-state index is 0.180. The van der Waals surface area contributed by atoms with E-state index in [1.807, 2.05) is 42.5 Å². The van der Waals surface area contributed by atoms with E-state index < -0.39 is 0 Å². The van der Waals surface area contributed by atoms with E-state index in [0.717, 1.165) is 16.7 Å². The standard InChI is InChI=1S/C17H11ClN4/c1-11-20-16(22-17(18)21-11)15-7-3-6-14(9-15)13-5-2-4-12(8-13)10-19/h2-9H,1H3. The molecule has 0 saturated carbocycles. The smallest absolute Gasteiger partial charge is 0.213 e. The summed E-state index contributed by atoms with van der Waals surface area (Å²) in [7, 11) is 0. The SMILES string of the molecule is Cc1nc(Cl)nc(-c2cccc(-c3cccc(C#N)c3)c2)n1. The predicted molar refractivity (Wildman–Crippen MR) is 85.2 cm³/mol. The molecule has 0 N–H and O–H groups in total. The predicted octanol–water partition coefficient (Wildman–Crippen LogP) is 4.04. The van der Waals surface area contributed by atoms with Crippen molar-refractivity contribution in [3.05, 3.63) is 65.2 Å². The molecule has 0 bridgehead atoms. The first-order valence-corrected chi connectivity index (χ1v) is 7.02. The van der Waals surface area contributed by atoms with E-state index in [1.165, 1.54) is 0 Å². The Morgan fingerprint density at radius 3 is 2.32 bits per heavy atom. The fourth-order valence-electron chi connectivity index (χ4n) is 2.18. The molecule has 0 aliphatic rings. The van der Waals surface area contributed by atoms with Crippen LogP contribution >= 0.6 is 11.6 Å². The summed E-state index contributed by atoms with van der Waals surface area (Å²) in [5.41, 5.74) is 3.44. The van der Waals surface area contributed by atoms with Crippen LogP contribution in [0.15, 0.2) is 48.5 Å². The molecule has 106 valence electrons. The Morgan fingerprint density at radius 2 is 1.59 bits per heavy atom. The van der Waals surface area contributed by atoms with Gasteiger partial charge < -0.3 is 0 Å². The van der Waals surface area contributed by atoms with E-state index >= 15 is 0 Å². The highest BCUT2D eigenvalue weighted by Gasteiger charge is 2.07. The average Bonchev–Trinajstić information content (AvgIpc) is 2.54. The number of nitriles is 1. The summed E-state index contributed by atoms with van der Waals surface area (Å²) in [4.78, 5) is 12.4. The average molecular weight is 307 g/mol. The summed E-state index contributed by atoms with van der Waals surface area (Å²) in [6.07, 6.45) is 0. The van der Waals surface area contributed by atoms with Crippen molar-refractivity contribution in [2.75, 3.05) is 0 Å². The van der Waals surface area contributed by atoms with Gasteiger partial charge in [0, 0.05) is 5.56 Å². The number of aromatic nitrogens is 3. The zero-order valence-electron chi connectivity index (χ0n) is 11.8. The molecule has 0 radical (unpaired) electrons. The number of rotatable bonds is 2. The minimum atomic E-state index is 0.180. The molecule has 0 unspecified atom stereocenters. The second-order valence-electron chi connectivity index (χ2n) is 4.75. The Bertz CT molecular complexity index is 864. The summed E-state index contributed by atoms with van der Waals surface area (Å²) >= 11 is 5.90. The lowest BCUT2D eigenvalue weighted by atomic mass is 10.0. The molecule has 1 aromatic heterocycles. The zero-order valence-corrected chi connectivity index (χ0v) is 12.5. The maximum atomic E-state index is 9.01. The van der Waals surface area contributed by atoms with Crippen molar-refractivity contribution in [3.8, 4) is 28.6 Å². The topological polar surface area (TPSA) is 62.5 Å². The van der Waals surface area contributed by atoms with E-state index in [-0.39, 0.29) is 5.28 Å². The molecule has 1 heterocycles. The van der Waals surface area contributed by atoms with Crippen LogP contribution < -0.4 is 0 Å². The van der Waals surface area contributed by atoms with Crippen molar-refractivity contribution in [1.82, 2.24) is 15.0 Å². The molecule has 3 rings (SSSR count). The zero-order chi connectivity index (χ0) is 15.5. The molecule has 22 heavy (non-hydrogen) atoms. The van der Waals surface area contributed by atoms with Crippen LogP contribution in [0.3, 0.4) is 0 Å². The maximum absolute atomic E-state index is 9.01. The quantitative estimate of drug-likeness (QED) is 0.717. The number of hydrogen-bond donors (Lipinski definition) is 0. The minimum Gasteiger partial charge on any atom is -0.213 e. The third-order valence-electron chi connectivity index (χ3n) is 3.17. The largest absolute Gasteiger partial charge is 0.226 e. The summed E-state index contributed by atoms with van der Waals surface area (Å²) in [5, 5.41) is 9.19. The lowest BCUT2D eigenvalue weighted by Gasteiger charge is -2.06. The fraction of sp³-hybridized carbons (Fsp3) is 0.0588. The monoisotopic (exact) mass is 306 g/mol. The van der Waals surface area contributed by atoms with Gasteiger partial charge in [-0.05, 0) is 47.9 Å². The first kappa shape index (κ1) is 14.2. The van der Waals surface area contributed by atoms with Gasteiger partial charge in [-0.25, -0.2) is 9.97 Å². The van der Waals surface area contributed by atoms with Crippen molar-refractivity contribution in [2.24, 2.45) is 0 Å². The van der Waals surface area contributed by atoms with Crippen molar-refractivity contribution in [1.29, 1.82) is 5.26 Å². The molecular weight excluding hydrogens is 296 g/mol. The summed E-state index contributed by atoms with van der Waals surface area (Å²) in [6.45, 7) is 1.78. The molecule has 2 aromatic carbocycles. The van der Waals surface area contributed by atoms with Gasteiger partial charge in [-0.1, -0.05) is 30.3 Å². The van der Waals surface area contributed by atoms with Crippen LogP contribution in [0.4, 0.5) is 0 Å². The highest BCUT2D eigenvalue weighted by Crippen LogP contribution is 2.25. The molecular formula is C17H11ClN4. The van der Waals surface area contributed by atoms with Crippen LogP contribution in [-0.2, 0) is 0 Å². The van der Waals surface area contributed by atoms with Gasteiger partial charge in [0.1, 0.15) is 5.82 Å². The van der Waals surface area contributed by atoms with Gasteiger partial charge in [-0.3, -0.25) is 0 Å². The van der Waals surface area contributed by atoms with E-state index in [4.69, 9.17) is 16.9 Å². The number of aryl methyl sites for hydroxylation is 1. The lowest BCUT2D eigenvalue weighted by Crippen LogP contribution is -1.96. The molecule has 0 aliphatic carbocycles. The molecule has 0 aliphatic heterocycles. The van der Waals surface area contributed by atoms with Gasteiger partial charge in [0.25, 0.3) is 0 Å². The first-order valence-electron chi connectivity index (χ1n) is 6.65. The number of hydrogen-bond acceptors (Lipinski definition) is 4. The molecule has 0 amide bonds. The second kappa shape index (κ2) is 5.92. The molecule has 0 atom stereocenters. The van der Waals surface area contributed by atoms with Crippen LogP contribution in [-0.4, -0.2) is 15.0 Å². The number of halogens is 1. The van der Waals surface area contributed by atoms with Crippen LogP contribution in [0, 0.1) is 18.3 Å². The van der Waals surface area contributed by atoms with Crippen LogP contribution in [0.1, 0.15) is 11.4 Å². The maximum Gasteiger partial charge on any atom is 0.226 e. The molecule has 0 saturated heterocycles. The van der Waals surface area contributed by atoms with E-state index in [9.17, 15) is 0 Å². The highest BCUT2D eigenvalue weighted by atomic mass is 35.5. The van der Waals surface area contributed by atoms with E-state index in [0.29, 0.717) is 17.2 Å². The van der Waals surface area contributed by atoms with E-state index in [1.54, 1.807) is 13.0 Å². The highest BCUT2D eigenvalue weighted by molar-refractivity contribution is 6.28. The molecule has 4 nitrogen and oxygen atoms in total. The Hall–Kier alpha value is -2.77. The summed E-state index contributed by atoms with van der Waals surface area (Å²) in [6, 6.07) is 17.4. The Morgan fingerprint density at radius 1 is 0.909 bits per heavy atom. The van der Waals surface area contributed by atoms with E-state index in [2.05, 4.69) is 21.0 Å². The van der Waals surface area contributed by atoms with Gasteiger partial charge in [0.2, 0.25) is 5.28 Å². The van der Waals surface area contributed by atoms with Crippen LogP contribution in [0.5, 0.6) is 0 Å². The van der Waals surface area contributed by atoms with Crippen molar-refractivity contribution < 1.29 is 0 Å². The Kier molecular flexibility index (Phi) is 3.82. The van der Waals surface area contributed by atoms with Gasteiger partial charge in [-0.2, -0.15) is 10.2 Å².